The zero-order valence-electron chi connectivity index (χ0n) is 22.1. The summed E-state index contributed by atoms with van der Waals surface area (Å²) >= 11 is 1.31. The molecule has 0 unspecified atom stereocenters. The Labute approximate surface area is 247 Å². The van der Waals surface area contributed by atoms with Gasteiger partial charge in [0.05, 0.1) is 40.0 Å². The van der Waals surface area contributed by atoms with Crippen LogP contribution >= 0.6 is 11.8 Å². The Morgan fingerprint density at radius 3 is 2.21 bits per heavy atom. The highest BCUT2D eigenvalue weighted by Gasteiger charge is 2.47. The molecule has 3 aromatic carbocycles. The zero-order valence-corrected chi connectivity index (χ0v) is 23.8. The van der Waals surface area contributed by atoms with Gasteiger partial charge in [0.2, 0.25) is 10.0 Å². The van der Waals surface area contributed by atoms with Crippen molar-refractivity contribution in [2.24, 2.45) is 0 Å². The summed E-state index contributed by atoms with van der Waals surface area (Å²) in [6, 6.07) is 12.4. The Hall–Kier alpha value is -2.98. The average molecular weight is 646 g/mol. The maximum Gasteiger partial charge on any atom is 0.573 e. The number of benzene rings is 3. The van der Waals surface area contributed by atoms with E-state index in [0.717, 1.165) is 54.1 Å². The highest BCUT2D eigenvalue weighted by atomic mass is 32.2. The van der Waals surface area contributed by atoms with Crippen molar-refractivity contribution in [3.8, 4) is 5.75 Å². The van der Waals surface area contributed by atoms with Crippen molar-refractivity contribution in [2.45, 2.75) is 64.3 Å². The Balaban J connectivity index is 1.35. The van der Waals surface area contributed by atoms with Gasteiger partial charge in [-0.1, -0.05) is 23.9 Å². The van der Waals surface area contributed by atoms with Gasteiger partial charge in [0.25, 0.3) is 0 Å². The molecule has 2 heterocycles. The number of nitrogens with zero attached hydrogens (tertiary/aromatic N) is 2. The molecule has 1 saturated carbocycles. The van der Waals surface area contributed by atoms with Crippen LogP contribution in [0.2, 0.25) is 0 Å². The highest BCUT2D eigenvalue weighted by Crippen LogP contribution is 2.51. The van der Waals surface area contributed by atoms with E-state index in [0.29, 0.717) is 10.6 Å². The van der Waals surface area contributed by atoms with Crippen molar-refractivity contribution in [2.75, 3.05) is 18.0 Å². The number of alkyl halides is 6. The lowest BCUT2D eigenvalue weighted by molar-refractivity contribution is -0.274. The molecule has 2 aliphatic heterocycles. The van der Waals surface area contributed by atoms with Crippen LogP contribution in [0.3, 0.4) is 0 Å². The maximum absolute atomic E-state index is 13.8. The molecule has 1 aliphatic carbocycles. The van der Waals surface area contributed by atoms with Crippen LogP contribution in [-0.4, -0.2) is 62.1 Å². The average Bonchev–Trinajstić information content (AvgIpc) is 3.77. The quantitative estimate of drug-likeness (QED) is 0.330. The van der Waals surface area contributed by atoms with Gasteiger partial charge >= 0.3 is 12.5 Å². The normalized spacial score (nSPS) is 23.0. The van der Waals surface area contributed by atoms with Crippen LogP contribution in [0, 0.1) is 0 Å². The number of rotatable bonds is 6. The molecule has 0 spiro atoms. The fraction of sp³-hybridized carbons (Fsp3) is 0.357. The van der Waals surface area contributed by atoms with Crippen molar-refractivity contribution < 1.29 is 44.6 Å². The summed E-state index contributed by atoms with van der Waals surface area (Å²) in [5.41, 5.74) is -0.0132. The van der Waals surface area contributed by atoms with Crippen LogP contribution in [0.5, 0.6) is 5.75 Å². The first-order valence-corrected chi connectivity index (χ1v) is 15.6. The lowest BCUT2D eigenvalue weighted by Gasteiger charge is -2.48. The SMILES string of the molecule is O=S(=O)(N[C@@H]1CN(C2CC2)C[C@H](N2c3ccccc3Sc3ccc(C(F)(F)F)cc32)[C@H]1O)c1ccc(OC(F)(F)F)cc1. The van der Waals surface area contributed by atoms with Crippen molar-refractivity contribution in [1.82, 2.24) is 9.62 Å². The first-order valence-electron chi connectivity index (χ1n) is 13.3. The van der Waals surface area contributed by atoms with Crippen LogP contribution in [0.1, 0.15) is 18.4 Å². The largest absolute Gasteiger partial charge is 0.573 e. The van der Waals surface area contributed by atoms with E-state index in [1.54, 1.807) is 23.1 Å². The molecular weight excluding hydrogens is 620 g/mol. The molecule has 3 aliphatic rings. The molecule has 230 valence electrons. The molecule has 2 N–H and O–H groups in total. The first kappa shape index (κ1) is 30.1. The van der Waals surface area contributed by atoms with Crippen LogP contribution in [0.15, 0.2) is 81.4 Å². The standard InChI is InChI=1S/C28H25F6N3O4S2/c29-27(30,31)16-5-12-25-22(13-16)37(21-3-1-2-4-24(21)42-25)23-15-36(17-6-7-17)14-20(26(23)38)35-43(39,40)19-10-8-18(9-11-19)41-28(32,33)34/h1-5,8-13,17,20,23,26,35,38H,6-7,14-15H2/t20-,23+,26+/m1/s1. The summed E-state index contributed by atoms with van der Waals surface area (Å²) in [4.78, 5) is 4.67. The number of hydrogen-bond donors (Lipinski definition) is 2. The smallest absolute Gasteiger partial charge is 0.406 e. The Bertz CT molecular complexity index is 1610. The molecule has 0 amide bonds. The Morgan fingerprint density at radius 2 is 1.56 bits per heavy atom. The van der Waals surface area contributed by atoms with E-state index in [-0.39, 0.29) is 29.7 Å². The second-order valence-electron chi connectivity index (χ2n) is 10.6. The molecule has 6 rings (SSSR count). The molecule has 15 heteroatoms. The first-order chi connectivity index (χ1) is 20.2. The molecule has 2 fully saturated rings. The molecule has 3 atom stereocenters. The van der Waals surface area contributed by atoms with Crippen LogP contribution in [0.25, 0.3) is 0 Å². The van der Waals surface area contributed by atoms with Gasteiger partial charge in [-0.3, -0.25) is 4.90 Å². The summed E-state index contributed by atoms with van der Waals surface area (Å²) in [5, 5.41) is 11.7. The van der Waals surface area contributed by atoms with Gasteiger partial charge < -0.3 is 14.7 Å². The molecule has 7 nitrogen and oxygen atoms in total. The monoisotopic (exact) mass is 645 g/mol. The second kappa shape index (κ2) is 10.9. The Morgan fingerprint density at radius 1 is 0.884 bits per heavy atom. The van der Waals surface area contributed by atoms with Gasteiger partial charge in [0.1, 0.15) is 5.75 Å². The molecule has 1 saturated heterocycles. The summed E-state index contributed by atoms with van der Waals surface area (Å²) in [6.45, 7) is 0.402. The number of likely N-dealkylation sites (tertiary alicyclic amines) is 1. The lowest BCUT2D eigenvalue weighted by atomic mass is 9.94. The minimum Gasteiger partial charge on any atom is -0.406 e. The third-order valence-electron chi connectivity index (χ3n) is 7.62. The number of aliphatic hydroxyl groups is 1. The van der Waals surface area contributed by atoms with Crippen molar-refractivity contribution >= 4 is 33.2 Å². The van der Waals surface area contributed by atoms with Crippen molar-refractivity contribution in [3.05, 3.63) is 72.3 Å². The van der Waals surface area contributed by atoms with E-state index in [2.05, 4.69) is 9.46 Å². The topological polar surface area (TPSA) is 82.1 Å². The van der Waals surface area contributed by atoms with E-state index in [1.165, 1.54) is 17.8 Å². The molecule has 43 heavy (non-hydrogen) atoms. The van der Waals surface area contributed by atoms with E-state index < -0.39 is 52.1 Å². The summed E-state index contributed by atoms with van der Waals surface area (Å²) in [5.74, 6) is -0.595. The second-order valence-corrected chi connectivity index (χ2v) is 13.4. The molecule has 3 aromatic rings. The fourth-order valence-corrected chi connectivity index (χ4v) is 7.83. The number of para-hydroxylation sites is 1. The third-order valence-corrected chi connectivity index (χ3v) is 10.3. The van der Waals surface area contributed by atoms with Gasteiger partial charge in [0.15, 0.2) is 0 Å². The van der Waals surface area contributed by atoms with E-state index in [4.69, 9.17) is 0 Å². The zero-order chi connectivity index (χ0) is 30.7. The van der Waals surface area contributed by atoms with E-state index in [1.807, 2.05) is 11.0 Å². The number of nitrogens with one attached hydrogen (secondary N) is 1. The molecule has 0 aromatic heterocycles. The van der Waals surface area contributed by atoms with Crippen LogP contribution in [0.4, 0.5) is 37.7 Å². The number of anilines is 2. The summed E-state index contributed by atoms with van der Waals surface area (Å²) < 4.78 is 112. The molecule has 0 radical (unpaired) electrons. The van der Waals surface area contributed by atoms with Crippen LogP contribution < -0.4 is 14.4 Å². The van der Waals surface area contributed by atoms with Gasteiger partial charge in [-0.15, -0.1) is 13.2 Å². The van der Waals surface area contributed by atoms with Gasteiger partial charge in [0, 0.05) is 28.9 Å². The maximum atomic E-state index is 13.8. The minimum atomic E-state index is -4.95. The number of halogens is 6. The van der Waals surface area contributed by atoms with Gasteiger partial charge in [-0.2, -0.15) is 13.2 Å². The van der Waals surface area contributed by atoms with Crippen molar-refractivity contribution in [3.63, 3.8) is 0 Å². The number of hydrogen-bond acceptors (Lipinski definition) is 7. The minimum absolute atomic E-state index is 0.121. The fourth-order valence-electron chi connectivity index (χ4n) is 5.53. The van der Waals surface area contributed by atoms with E-state index >= 15 is 0 Å². The highest BCUT2D eigenvalue weighted by molar-refractivity contribution is 7.99. The molecular formula is C28H25F6N3O4S2. The number of piperidine rings is 1. The predicted octanol–water partition coefficient (Wildman–Crippen LogP) is 5.76. The molecule has 0 bridgehead atoms. The summed E-state index contributed by atoms with van der Waals surface area (Å²) in [6.07, 6.45) is -9.21. The van der Waals surface area contributed by atoms with Crippen molar-refractivity contribution in [1.29, 1.82) is 0 Å². The lowest BCUT2D eigenvalue weighted by Crippen LogP contribution is -2.65. The number of sulfonamides is 1. The van der Waals surface area contributed by atoms with E-state index in [9.17, 15) is 39.9 Å². The number of ether oxygens (including phenoxy) is 1. The number of aliphatic hydroxyl groups excluding tert-OH is 1. The predicted molar refractivity (Wildman–Crippen MR) is 146 cm³/mol. The number of fused-ring (bicyclic) bond motifs is 2. The van der Waals surface area contributed by atoms with Gasteiger partial charge in [-0.25, -0.2) is 13.1 Å². The summed E-state index contributed by atoms with van der Waals surface area (Å²) in [7, 11) is -4.33. The van der Waals surface area contributed by atoms with Gasteiger partial charge in [-0.05, 0) is 67.4 Å². The van der Waals surface area contributed by atoms with Crippen LogP contribution in [-0.2, 0) is 16.2 Å². The third kappa shape index (κ3) is 6.32. The Kier molecular flexibility index (Phi) is 7.60.